The summed E-state index contributed by atoms with van der Waals surface area (Å²) in [6.07, 6.45) is 0.710. The Labute approximate surface area is 111 Å². The van der Waals surface area contributed by atoms with Crippen molar-refractivity contribution >= 4 is 25.6 Å². The van der Waals surface area contributed by atoms with E-state index in [1.165, 1.54) is 12.1 Å². The molecular formula is C12H14ClNO3S. The Morgan fingerprint density at radius 2 is 2.06 bits per heavy atom. The second kappa shape index (κ2) is 4.55. The lowest BCUT2D eigenvalue weighted by atomic mass is 9.89. The molecule has 1 atom stereocenters. The van der Waals surface area contributed by atoms with Crippen molar-refractivity contribution in [2.24, 2.45) is 5.92 Å². The Morgan fingerprint density at radius 3 is 2.61 bits per heavy atom. The first kappa shape index (κ1) is 13.4. The van der Waals surface area contributed by atoms with Crippen LogP contribution in [0.15, 0.2) is 23.1 Å². The third kappa shape index (κ3) is 2.52. The zero-order valence-electron chi connectivity index (χ0n) is 10.1. The molecule has 1 aliphatic heterocycles. The van der Waals surface area contributed by atoms with Gasteiger partial charge in [-0.2, -0.15) is 0 Å². The molecule has 1 aliphatic rings. The number of halogens is 1. The smallest absolute Gasteiger partial charge is 0.261 e. The average Bonchev–Trinajstić information content (AvgIpc) is 2.27. The van der Waals surface area contributed by atoms with E-state index in [2.05, 4.69) is 5.32 Å². The highest BCUT2D eigenvalue weighted by atomic mass is 35.7. The summed E-state index contributed by atoms with van der Waals surface area (Å²) in [4.78, 5) is 11.9. The number of nitrogens with one attached hydrogen (secondary N) is 1. The maximum absolute atomic E-state index is 11.9. The van der Waals surface area contributed by atoms with Gasteiger partial charge in [0.2, 0.25) is 0 Å². The van der Waals surface area contributed by atoms with E-state index in [4.69, 9.17) is 10.7 Å². The Balaban J connectivity index is 2.45. The molecule has 0 radical (unpaired) electrons. The summed E-state index contributed by atoms with van der Waals surface area (Å²) in [5.41, 5.74) is 1.26. The van der Waals surface area contributed by atoms with Crippen molar-refractivity contribution in [2.75, 3.05) is 0 Å². The van der Waals surface area contributed by atoms with Gasteiger partial charge in [0.15, 0.2) is 0 Å². The van der Waals surface area contributed by atoms with Gasteiger partial charge in [-0.1, -0.05) is 19.9 Å². The SMILES string of the molecule is CC(C)[C@H]1Cc2ccc(S(=O)(=O)Cl)cc2C(=O)N1. The summed E-state index contributed by atoms with van der Waals surface area (Å²) in [7, 11) is 1.47. The van der Waals surface area contributed by atoms with Crippen molar-refractivity contribution in [1.82, 2.24) is 5.32 Å². The number of hydrogen-bond acceptors (Lipinski definition) is 3. The molecular weight excluding hydrogens is 274 g/mol. The predicted octanol–water partition coefficient (Wildman–Crippen LogP) is 1.92. The van der Waals surface area contributed by atoms with Gasteiger partial charge in [0, 0.05) is 22.3 Å². The predicted molar refractivity (Wildman–Crippen MR) is 69.3 cm³/mol. The van der Waals surface area contributed by atoms with Crippen LogP contribution in [0.25, 0.3) is 0 Å². The molecule has 1 aromatic rings. The molecule has 6 heteroatoms. The first-order valence-electron chi connectivity index (χ1n) is 5.67. The summed E-state index contributed by atoms with van der Waals surface area (Å²) in [5, 5.41) is 2.87. The fourth-order valence-corrected chi connectivity index (χ4v) is 2.81. The third-order valence-electron chi connectivity index (χ3n) is 3.17. The van der Waals surface area contributed by atoms with E-state index in [1.54, 1.807) is 6.07 Å². The lowest BCUT2D eigenvalue weighted by Crippen LogP contribution is -2.44. The Hall–Kier alpha value is -1.07. The summed E-state index contributed by atoms with van der Waals surface area (Å²) in [6.45, 7) is 4.07. The Morgan fingerprint density at radius 1 is 1.39 bits per heavy atom. The third-order valence-corrected chi connectivity index (χ3v) is 4.52. The van der Waals surface area contributed by atoms with Crippen LogP contribution in [-0.4, -0.2) is 20.4 Å². The largest absolute Gasteiger partial charge is 0.349 e. The first-order valence-corrected chi connectivity index (χ1v) is 7.98. The van der Waals surface area contributed by atoms with Crippen LogP contribution in [0.1, 0.15) is 29.8 Å². The van der Waals surface area contributed by atoms with Crippen LogP contribution < -0.4 is 5.32 Å². The molecule has 0 aliphatic carbocycles. The summed E-state index contributed by atoms with van der Waals surface area (Å²) < 4.78 is 22.5. The van der Waals surface area contributed by atoms with Crippen LogP contribution in [0.4, 0.5) is 0 Å². The standard InChI is InChI=1S/C12H14ClNO3S/c1-7(2)11-5-8-3-4-9(18(13,16)17)6-10(8)12(15)14-11/h3-4,6-7,11H,5H2,1-2H3,(H,14,15)/t11-/m1/s1. The quantitative estimate of drug-likeness (QED) is 0.845. The summed E-state index contributed by atoms with van der Waals surface area (Å²) >= 11 is 0. The van der Waals surface area contributed by atoms with Gasteiger partial charge < -0.3 is 5.32 Å². The lowest BCUT2D eigenvalue weighted by Gasteiger charge is -2.28. The first-order chi connectivity index (χ1) is 8.29. The van der Waals surface area contributed by atoms with E-state index in [-0.39, 0.29) is 16.8 Å². The number of fused-ring (bicyclic) bond motifs is 1. The van der Waals surface area contributed by atoms with Crippen LogP contribution in [0.2, 0.25) is 0 Å². The van der Waals surface area contributed by atoms with Crippen molar-refractivity contribution in [3.63, 3.8) is 0 Å². The Kier molecular flexibility index (Phi) is 3.38. The maximum atomic E-state index is 11.9. The van der Waals surface area contributed by atoms with Gasteiger partial charge >= 0.3 is 0 Å². The molecule has 2 rings (SSSR count). The average molecular weight is 288 g/mol. The molecule has 1 N–H and O–H groups in total. The fourth-order valence-electron chi connectivity index (χ4n) is 2.03. The molecule has 1 amide bonds. The minimum Gasteiger partial charge on any atom is -0.349 e. The van der Waals surface area contributed by atoms with Crippen molar-refractivity contribution in [3.8, 4) is 0 Å². The zero-order chi connectivity index (χ0) is 13.5. The molecule has 4 nitrogen and oxygen atoms in total. The van der Waals surface area contributed by atoms with Crippen molar-refractivity contribution < 1.29 is 13.2 Å². The molecule has 0 saturated heterocycles. The van der Waals surface area contributed by atoms with Gasteiger partial charge in [0.1, 0.15) is 0 Å². The van der Waals surface area contributed by atoms with Gasteiger partial charge in [0.05, 0.1) is 4.90 Å². The van der Waals surface area contributed by atoms with Gasteiger partial charge in [-0.15, -0.1) is 0 Å². The molecule has 0 aromatic heterocycles. The second-order valence-electron chi connectivity index (χ2n) is 4.78. The molecule has 1 aromatic carbocycles. The topological polar surface area (TPSA) is 63.2 Å². The molecule has 1 heterocycles. The molecule has 0 spiro atoms. The second-order valence-corrected chi connectivity index (χ2v) is 7.35. The number of carbonyl (C=O) groups excluding carboxylic acids is 1. The van der Waals surface area contributed by atoms with E-state index in [1.807, 2.05) is 13.8 Å². The van der Waals surface area contributed by atoms with E-state index < -0.39 is 9.05 Å². The van der Waals surface area contributed by atoms with Gasteiger partial charge in [-0.25, -0.2) is 8.42 Å². The molecule has 0 bridgehead atoms. The van der Waals surface area contributed by atoms with Crippen molar-refractivity contribution in [3.05, 3.63) is 29.3 Å². The summed E-state index contributed by atoms with van der Waals surface area (Å²) in [5.74, 6) is 0.0932. The van der Waals surface area contributed by atoms with Crippen molar-refractivity contribution in [1.29, 1.82) is 0 Å². The normalized spacial score (nSPS) is 19.6. The van der Waals surface area contributed by atoms with Crippen LogP contribution >= 0.6 is 10.7 Å². The number of rotatable bonds is 2. The highest BCUT2D eigenvalue weighted by Crippen LogP contribution is 2.24. The van der Waals surface area contributed by atoms with E-state index in [0.717, 1.165) is 5.56 Å². The molecule has 0 fully saturated rings. The van der Waals surface area contributed by atoms with Crippen LogP contribution in [0.3, 0.4) is 0 Å². The number of amides is 1. The molecule has 18 heavy (non-hydrogen) atoms. The van der Waals surface area contributed by atoms with Crippen LogP contribution in [-0.2, 0) is 15.5 Å². The monoisotopic (exact) mass is 287 g/mol. The van der Waals surface area contributed by atoms with Gasteiger partial charge in [-0.05, 0) is 30.0 Å². The van der Waals surface area contributed by atoms with Crippen LogP contribution in [0.5, 0.6) is 0 Å². The minimum absolute atomic E-state index is 0.0407. The summed E-state index contributed by atoms with van der Waals surface area (Å²) in [6, 6.07) is 4.53. The fraction of sp³-hybridized carbons (Fsp3) is 0.417. The number of benzene rings is 1. The number of carbonyl (C=O) groups is 1. The Bertz CT molecular complexity index is 595. The van der Waals surface area contributed by atoms with Gasteiger partial charge in [0.25, 0.3) is 15.0 Å². The lowest BCUT2D eigenvalue weighted by molar-refractivity contribution is 0.0912. The van der Waals surface area contributed by atoms with E-state index in [0.29, 0.717) is 17.9 Å². The molecule has 0 unspecified atom stereocenters. The highest BCUT2D eigenvalue weighted by Gasteiger charge is 2.27. The maximum Gasteiger partial charge on any atom is 0.261 e. The molecule has 0 saturated carbocycles. The van der Waals surface area contributed by atoms with E-state index >= 15 is 0 Å². The number of hydrogen-bond donors (Lipinski definition) is 1. The molecule has 98 valence electrons. The van der Waals surface area contributed by atoms with Crippen LogP contribution in [0, 0.1) is 5.92 Å². The highest BCUT2D eigenvalue weighted by molar-refractivity contribution is 8.13. The van der Waals surface area contributed by atoms with E-state index in [9.17, 15) is 13.2 Å². The van der Waals surface area contributed by atoms with Crippen molar-refractivity contribution in [2.45, 2.75) is 31.2 Å². The minimum atomic E-state index is -3.80. The van der Waals surface area contributed by atoms with Gasteiger partial charge in [-0.3, -0.25) is 4.79 Å². The zero-order valence-corrected chi connectivity index (χ0v) is 11.7.